The lowest BCUT2D eigenvalue weighted by Crippen LogP contribution is -1.99. The van der Waals surface area contributed by atoms with E-state index in [4.69, 9.17) is 5.26 Å². The van der Waals surface area contributed by atoms with Gasteiger partial charge in [-0.15, -0.1) is 0 Å². The van der Waals surface area contributed by atoms with Crippen LogP contribution in [0.4, 0.5) is 8.78 Å². The largest absolute Gasteiger partial charge is 0.266 e. The molecular weight excluding hydrogens is 322 g/mol. The van der Waals surface area contributed by atoms with Crippen LogP contribution in [0.5, 0.6) is 0 Å². The fourth-order valence-corrected chi connectivity index (χ4v) is 2.01. The molecule has 0 spiro atoms. The zero-order valence-corrected chi connectivity index (χ0v) is 9.94. The summed E-state index contributed by atoms with van der Waals surface area (Å²) in [5.74, 6) is 0. The highest BCUT2D eigenvalue weighted by Crippen LogP contribution is 2.31. The predicted octanol–water partition coefficient (Wildman–Crippen LogP) is 3.55. The lowest BCUT2D eigenvalue weighted by atomic mass is 10.2. The van der Waals surface area contributed by atoms with E-state index in [0.717, 1.165) is 0 Å². The van der Waals surface area contributed by atoms with Gasteiger partial charge in [0.05, 0.1) is 11.3 Å². The molecule has 0 unspecified atom stereocenters. The van der Waals surface area contributed by atoms with E-state index in [1.54, 1.807) is 6.07 Å². The van der Waals surface area contributed by atoms with E-state index in [0.29, 0.717) is 0 Å². The molecule has 0 saturated carbocycles. The van der Waals surface area contributed by atoms with E-state index in [9.17, 15) is 8.78 Å². The molecule has 0 fully saturated rings. The Morgan fingerprint density at radius 2 is 2.21 bits per heavy atom. The van der Waals surface area contributed by atoms with Crippen molar-refractivity contribution in [2.75, 3.05) is 0 Å². The maximum absolute atomic E-state index is 12.5. The van der Waals surface area contributed by atoms with Crippen molar-refractivity contribution in [3.8, 4) is 6.07 Å². The Balaban J connectivity index is 3.36. The first-order valence-corrected chi connectivity index (χ1v) is 5.45. The van der Waals surface area contributed by atoms with Crippen LogP contribution in [0.3, 0.4) is 0 Å². The highest BCUT2D eigenvalue weighted by molar-refractivity contribution is 9.10. The van der Waals surface area contributed by atoms with Crippen LogP contribution in [0.1, 0.15) is 23.4 Å². The second-order valence-corrected chi connectivity index (χ2v) is 3.81. The molecule has 6 heteroatoms. The Kier molecular flexibility index (Phi) is 3.96. The van der Waals surface area contributed by atoms with Gasteiger partial charge in [0.15, 0.2) is 0 Å². The van der Waals surface area contributed by atoms with Crippen LogP contribution in [-0.2, 0) is 5.33 Å². The van der Waals surface area contributed by atoms with Crippen molar-refractivity contribution >= 4 is 31.9 Å². The minimum atomic E-state index is -2.60. The quantitative estimate of drug-likeness (QED) is 0.780. The Morgan fingerprint density at radius 1 is 1.57 bits per heavy atom. The van der Waals surface area contributed by atoms with E-state index in [1.807, 2.05) is 0 Å². The summed E-state index contributed by atoms with van der Waals surface area (Å²) in [6.07, 6.45) is -2.60. The average molecular weight is 326 g/mol. The van der Waals surface area contributed by atoms with E-state index in [2.05, 4.69) is 36.8 Å². The van der Waals surface area contributed by atoms with Gasteiger partial charge in [-0.1, -0.05) is 31.9 Å². The maximum atomic E-state index is 12.5. The molecule has 0 N–H and O–H groups in total. The topological polar surface area (TPSA) is 36.7 Å². The number of hydrogen-bond acceptors (Lipinski definition) is 2. The van der Waals surface area contributed by atoms with Crippen molar-refractivity contribution in [1.29, 1.82) is 5.26 Å². The SMILES string of the molecule is N#Cc1cc(Br)c(C(F)F)c(CBr)n1. The Hall–Kier alpha value is -0.540. The Bertz CT molecular complexity index is 388. The van der Waals surface area contributed by atoms with Crippen LogP contribution in [0.2, 0.25) is 0 Å². The van der Waals surface area contributed by atoms with Gasteiger partial charge in [0, 0.05) is 9.80 Å². The van der Waals surface area contributed by atoms with Gasteiger partial charge in [0.2, 0.25) is 0 Å². The molecule has 0 aliphatic rings. The minimum Gasteiger partial charge on any atom is -0.241 e. The summed E-state index contributed by atoms with van der Waals surface area (Å²) in [4.78, 5) is 3.77. The van der Waals surface area contributed by atoms with Crippen molar-refractivity contribution < 1.29 is 8.78 Å². The second kappa shape index (κ2) is 4.80. The molecule has 0 amide bonds. The highest BCUT2D eigenvalue weighted by atomic mass is 79.9. The molecule has 0 aromatic carbocycles. The van der Waals surface area contributed by atoms with Gasteiger partial charge in [0.25, 0.3) is 6.43 Å². The number of nitriles is 1. The molecule has 1 aromatic rings. The fraction of sp³-hybridized carbons (Fsp3) is 0.250. The Labute approximate surface area is 96.2 Å². The van der Waals surface area contributed by atoms with Crippen LogP contribution >= 0.6 is 31.9 Å². The third kappa shape index (κ3) is 2.28. The van der Waals surface area contributed by atoms with Gasteiger partial charge in [-0.05, 0) is 6.07 Å². The fourth-order valence-electron chi connectivity index (χ4n) is 0.963. The summed E-state index contributed by atoms with van der Waals surface area (Å²) in [6, 6.07) is 3.09. The summed E-state index contributed by atoms with van der Waals surface area (Å²) in [7, 11) is 0. The average Bonchev–Trinajstić information content (AvgIpc) is 2.15. The second-order valence-electron chi connectivity index (χ2n) is 2.40. The van der Waals surface area contributed by atoms with Gasteiger partial charge in [-0.3, -0.25) is 0 Å². The van der Waals surface area contributed by atoms with Crippen LogP contribution in [-0.4, -0.2) is 4.98 Å². The summed E-state index contributed by atoms with van der Waals surface area (Å²) in [6.45, 7) is 0. The number of hydrogen-bond donors (Lipinski definition) is 0. The standard InChI is InChI=1S/C8H4Br2F2N2/c9-2-6-7(8(11)12)5(10)1-4(3-13)14-6/h1,8H,2H2. The predicted molar refractivity (Wildman–Crippen MR) is 54.2 cm³/mol. The number of rotatable bonds is 2. The molecule has 0 aliphatic heterocycles. The monoisotopic (exact) mass is 324 g/mol. The summed E-state index contributed by atoms with van der Waals surface area (Å²) < 4.78 is 25.3. The molecule has 0 radical (unpaired) electrons. The number of pyridine rings is 1. The summed E-state index contributed by atoms with van der Waals surface area (Å²) in [5, 5.41) is 8.77. The van der Waals surface area contributed by atoms with E-state index in [1.165, 1.54) is 6.07 Å². The zero-order chi connectivity index (χ0) is 10.7. The van der Waals surface area contributed by atoms with Crippen LogP contribution in [0.25, 0.3) is 0 Å². The normalized spacial score (nSPS) is 10.3. The third-order valence-electron chi connectivity index (χ3n) is 1.55. The highest BCUT2D eigenvalue weighted by Gasteiger charge is 2.18. The van der Waals surface area contributed by atoms with Crippen molar-refractivity contribution in [1.82, 2.24) is 4.98 Å². The van der Waals surface area contributed by atoms with Crippen molar-refractivity contribution in [3.05, 3.63) is 27.5 Å². The molecule has 1 aromatic heterocycles. The van der Waals surface area contributed by atoms with E-state index in [-0.39, 0.29) is 26.8 Å². The summed E-state index contributed by atoms with van der Waals surface area (Å²) >= 11 is 6.04. The first-order valence-electron chi connectivity index (χ1n) is 3.53. The smallest absolute Gasteiger partial charge is 0.241 e. The van der Waals surface area contributed by atoms with Gasteiger partial charge in [-0.2, -0.15) is 5.26 Å². The van der Waals surface area contributed by atoms with Crippen LogP contribution < -0.4 is 0 Å². The van der Waals surface area contributed by atoms with E-state index >= 15 is 0 Å². The van der Waals surface area contributed by atoms with Crippen molar-refractivity contribution in [2.45, 2.75) is 11.8 Å². The summed E-state index contributed by atoms with van der Waals surface area (Å²) in [5.41, 5.74) is 0.141. The van der Waals surface area contributed by atoms with E-state index < -0.39 is 6.43 Å². The van der Waals surface area contributed by atoms with Crippen molar-refractivity contribution in [3.63, 3.8) is 0 Å². The Morgan fingerprint density at radius 3 is 2.64 bits per heavy atom. The van der Waals surface area contributed by atoms with Gasteiger partial charge in [-0.25, -0.2) is 13.8 Å². The molecule has 1 rings (SSSR count). The molecule has 14 heavy (non-hydrogen) atoms. The molecule has 0 bridgehead atoms. The molecule has 2 nitrogen and oxygen atoms in total. The van der Waals surface area contributed by atoms with Crippen LogP contribution in [0, 0.1) is 11.3 Å². The number of halogens is 4. The molecule has 1 heterocycles. The van der Waals surface area contributed by atoms with Gasteiger partial charge in [0.1, 0.15) is 11.8 Å². The molecule has 0 atom stereocenters. The molecular formula is C8H4Br2F2N2. The molecule has 0 aliphatic carbocycles. The third-order valence-corrected chi connectivity index (χ3v) is 2.73. The number of alkyl halides is 3. The van der Waals surface area contributed by atoms with Crippen molar-refractivity contribution in [2.24, 2.45) is 0 Å². The lowest BCUT2D eigenvalue weighted by molar-refractivity contribution is 0.149. The first-order chi connectivity index (χ1) is 6.60. The first kappa shape index (κ1) is 11.5. The minimum absolute atomic E-state index is 0.121. The number of nitrogens with zero attached hydrogens (tertiary/aromatic N) is 2. The maximum Gasteiger partial charge on any atom is 0.266 e. The van der Waals surface area contributed by atoms with Gasteiger partial charge < -0.3 is 0 Å². The molecule has 74 valence electrons. The zero-order valence-electron chi connectivity index (χ0n) is 6.77. The number of aromatic nitrogens is 1. The van der Waals surface area contributed by atoms with Gasteiger partial charge >= 0.3 is 0 Å². The lowest BCUT2D eigenvalue weighted by Gasteiger charge is -2.07. The molecule has 0 saturated heterocycles. The van der Waals surface area contributed by atoms with Crippen LogP contribution in [0.15, 0.2) is 10.5 Å².